The summed E-state index contributed by atoms with van der Waals surface area (Å²) < 4.78 is 0. The average Bonchev–Trinajstić information content (AvgIpc) is 2.65. The summed E-state index contributed by atoms with van der Waals surface area (Å²) in [7, 11) is 0. The van der Waals surface area contributed by atoms with Crippen molar-refractivity contribution in [1.29, 1.82) is 0 Å². The molecule has 2 amide bonds. The van der Waals surface area contributed by atoms with Crippen LogP contribution in [0.5, 0.6) is 0 Å². The Morgan fingerprint density at radius 2 is 1.88 bits per heavy atom. The smallest absolute Gasteiger partial charge is 0.258 e. The van der Waals surface area contributed by atoms with Gasteiger partial charge in [-0.05, 0) is 36.2 Å². The first kappa shape index (κ1) is 17.5. The molecule has 0 unspecified atom stereocenters. The van der Waals surface area contributed by atoms with Gasteiger partial charge in [-0.3, -0.25) is 9.59 Å². The molecule has 0 saturated carbocycles. The maximum absolute atomic E-state index is 12.9. The predicted molar refractivity (Wildman–Crippen MR) is 102 cm³/mol. The first-order chi connectivity index (χ1) is 12.1. The number of hydrogen-bond donors (Lipinski definition) is 1. The fourth-order valence-electron chi connectivity index (χ4n) is 2.71. The fourth-order valence-corrected chi connectivity index (χ4v) is 3.68. The van der Waals surface area contributed by atoms with Crippen LogP contribution in [0.15, 0.2) is 53.4 Å². The molecular weight excluding hydrogens is 332 g/mol. The third-order valence-electron chi connectivity index (χ3n) is 4.02. The van der Waals surface area contributed by atoms with Gasteiger partial charge >= 0.3 is 0 Å². The number of carbonyl (C=O) groups is 2. The van der Waals surface area contributed by atoms with Crippen LogP contribution in [0.25, 0.3) is 0 Å². The highest BCUT2D eigenvalue weighted by molar-refractivity contribution is 7.99. The summed E-state index contributed by atoms with van der Waals surface area (Å²) in [6.45, 7) is 5.40. The lowest BCUT2D eigenvalue weighted by Crippen LogP contribution is -2.36. The summed E-state index contributed by atoms with van der Waals surface area (Å²) in [5.74, 6) is 1.12. The zero-order valence-electron chi connectivity index (χ0n) is 14.5. The minimum atomic E-state index is -0.0980. The molecule has 0 aliphatic carbocycles. The second-order valence-corrected chi connectivity index (χ2v) is 7.59. The summed E-state index contributed by atoms with van der Waals surface area (Å²) in [6, 6.07) is 14.9. The lowest BCUT2D eigenvalue weighted by molar-refractivity contribution is 0.0946. The van der Waals surface area contributed by atoms with Gasteiger partial charge in [-0.25, -0.2) is 0 Å². The fraction of sp³-hybridized carbons (Fsp3) is 0.300. The van der Waals surface area contributed by atoms with Crippen LogP contribution in [0.3, 0.4) is 0 Å². The Balaban J connectivity index is 1.88. The summed E-state index contributed by atoms with van der Waals surface area (Å²) in [6.07, 6.45) is 0. The van der Waals surface area contributed by atoms with E-state index in [9.17, 15) is 9.59 Å². The van der Waals surface area contributed by atoms with Crippen molar-refractivity contribution >= 4 is 29.3 Å². The molecule has 25 heavy (non-hydrogen) atoms. The first-order valence-electron chi connectivity index (χ1n) is 8.48. The van der Waals surface area contributed by atoms with Crippen LogP contribution in [0.2, 0.25) is 0 Å². The summed E-state index contributed by atoms with van der Waals surface area (Å²) in [5, 5.41) is 2.93. The number of nitrogens with zero attached hydrogens (tertiary/aromatic N) is 1. The molecule has 3 rings (SSSR count). The van der Waals surface area contributed by atoms with Crippen LogP contribution >= 0.6 is 11.8 Å². The molecular formula is C20H22N2O2S. The van der Waals surface area contributed by atoms with Gasteiger partial charge in [0, 0.05) is 34.9 Å². The van der Waals surface area contributed by atoms with E-state index in [2.05, 4.69) is 19.2 Å². The molecule has 0 saturated heterocycles. The maximum atomic E-state index is 12.9. The van der Waals surface area contributed by atoms with Gasteiger partial charge in [0.05, 0.1) is 5.69 Å². The van der Waals surface area contributed by atoms with Gasteiger partial charge in [-0.15, -0.1) is 11.8 Å². The van der Waals surface area contributed by atoms with Gasteiger partial charge < -0.3 is 10.2 Å². The third-order valence-corrected chi connectivity index (χ3v) is 5.06. The molecule has 1 aliphatic rings. The monoisotopic (exact) mass is 354 g/mol. The highest BCUT2D eigenvalue weighted by Gasteiger charge is 2.25. The predicted octanol–water partition coefficient (Wildman–Crippen LogP) is 3.82. The maximum Gasteiger partial charge on any atom is 0.258 e. The molecule has 0 bridgehead atoms. The number of hydrogen-bond acceptors (Lipinski definition) is 3. The van der Waals surface area contributed by atoms with E-state index in [0.717, 1.165) is 16.3 Å². The van der Waals surface area contributed by atoms with Gasteiger partial charge in [-0.2, -0.15) is 0 Å². The second kappa shape index (κ2) is 7.74. The molecule has 2 aromatic carbocycles. The second-order valence-electron chi connectivity index (χ2n) is 6.46. The zero-order chi connectivity index (χ0) is 17.8. The van der Waals surface area contributed by atoms with Crippen LogP contribution in [0.1, 0.15) is 34.6 Å². The van der Waals surface area contributed by atoms with Crippen LogP contribution in [0.4, 0.5) is 5.69 Å². The van der Waals surface area contributed by atoms with Crippen molar-refractivity contribution in [1.82, 2.24) is 5.32 Å². The van der Waals surface area contributed by atoms with Crippen molar-refractivity contribution in [2.24, 2.45) is 5.92 Å². The van der Waals surface area contributed by atoms with E-state index in [4.69, 9.17) is 0 Å². The van der Waals surface area contributed by atoms with Crippen molar-refractivity contribution in [3.8, 4) is 0 Å². The van der Waals surface area contributed by atoms with Gasteiger partial charge in [0.25, 0.3) is 11.8 Å². The molecule has 0 radical (unpaired) electrons. The van der Waals surface area contributed by atoms with Crippen molar-refractivity contribution in [2.75, 3.05) is 23.7 Å². The molecule has 2 aromatic rings. The topological polar surface area (TPSA) is 49.4 Å². The Morgan fingerprint density at radius 1 is 1.12 bits per heavy atom. The van der Waals surface area contributed by atoms with E-state index < -0.39 is 0 Å². The molecule has 130 valence electrons. The number of benzene rings is 2. The number of rotatable bonds is 4. The molecule has 1 aliphatic heterocycles. The van der Waals surface area contributed by atoms with Crippen LogP contribution in [0, 0.1) is 5.92 Å². The van der Waals surface area contributed by atoms with Crippen molar-refractivity contribution in [3.05, 3.63) is 59.7 Å². The molecule has 4 nitrogen and oxygen atoms in total. The van der Waals surface area contributed by atoms with E-state index in [1.54, 1.807) is 16.7 Å². The quantitative estimate of drug-likeness (QED) is 0.908. The Kier molecular flexibility index (Phi) is 5.43. The largest absolute Gasteiger partial charge is 0.352 e. The van der Waals surface area contributed by atoms with E-state index >= 15 is 0 Å². The van der Waals surface area contributed by atoms with Crippen molar-refractivity contribution < 1.29 is 9.59 Å². The standard InChI is InChI=1S/C20H22N2O2S/c1-14(2)13-21-19(23)16-8-9-18-17(12-16)22(10-11-25-18)20(24)15-6-4-3-5-7-15/h3-9,12,14H,10-11,13H2,1-2H3,(H,21,23). The highest BCUT2D eigenvalue weighted by atomic mass is 32.2. The van der Waals surface area contributed by atoms with E-state index in [0.29, 0.717) is 30.1 Å². The normalized spacial score (nSPS) is 13.5. The number of anilines is 1. The number of nitrogens with one attached hydrogen (secondary N) is 1. The minimum absolute atomic E-state index is 0.0260. The molecule has 5 heteroatoms. The van der Waals surface area contributed by atoms with E-state index in [1.165, 1.54) is 0 Å². The van der Waals surface area contributed by atoms with Gasteiger partial charge in [0.15, 0.2) is 0 Å². The van der Waals surface area contributed by atoms with Crippen molar-refractivity contribution in [3.63, 3.8) is 0 Å². The highest BCUT2D eigenvalue weighted by Crippen LogP contribution is 2.36. The Morgan fingerprint density at radius 3 is 2.60 bits per heavy atom. The number of carbonyl (C=O) groups excluding carboxylic acids is 2. The Labute approximate surface area is 152 Å². The summed E-state index contributed by atoms with van der Waals surface area (Å²) in [4.78, 5) is 28.1. The van der Waals surface area contributed by atoms with Crippen molar-refractivity contribution in [2.45, 2.75) is 18.7 Å². The number of amides is 2. The van der Waals surface area contributed by atoms with Gasteiger partial charge in [-0.1, -0.05) is 32.0 Å². The van der Waals surface area contributed by atoms with Crippen LogP contribution < -0.4 is 10.2 Å². The SMILES string of the molecule is CC(C)CNC(=O)c1ccc2c(c1)N(C(=O)c1ccccc1)CCS2. The molecule has 0 aromatic heterocycles. The van der Waals surface area contributed by atoms with Crippen LogP contribution in [-0.2, 0) is 0 Å². The van der Waals surface area contributed by atoms with Crippen LogP contribution in [-0.4, -0.2) is 30.7 Å². The molecule has 0 atom stereocenters. The van der Waals surface area contributed by atoms with Gasteiger partial charge in [0.1, 0.15) is 0 Å². The lowest BCUT2D eigenvalue weighted by Gasteiger charge is -2.29. The third kappa shape index (κ3) is 4.04. The molecule has 1 heterocycles. The Hall–Kier alpha value is -2.27. The lowest BCUT2D eigenvalue weighted by atomic mass is 10.1. The number of fused-ring (bicyclic) bond motifs is 1. The van der Waals surface area contributed by atoms with E-state index in [1.807, 2.05) is 48.5 Å². The minimum Gasteiger partial charge on any atom is -0.352 e. The summed E-state index contributed by atoms with van der Waals surface area (Å²) >= 11 is 1.72. The zero-order valence-corrected chi connectivity index (χ0v) is 15.3. The molecule has 1 N–H and O–H groups in total. The van der Waals surface area contributed by atoms with E-state index in [-0.39, 0.29) is 11.8 Å². The first-order valence-corrected chi connectivity index (χ1v) is 9.47. The average molecular weight is 354 g/mol. The molecule has 0 fully saturated rings. The van der Waals surface area contributed by atoms with Gasteiger partial charge in [0.2, 0.25) is 0 Å². The number of thioether (sulfide) groups is 1. The summed E-state index contributed by atoms with van der Waals surface area (Å²) in [5.41, 5.74) is 2.07. The molecule has 0 spiro atoms. The Bertz CT molecular complexity index is 775.